The van der Waals surface area contributed by atoms with Crippen molar-refractivity contribution in [1.29, 1.82) is 0 Å². The molecule has 23 heavy (non-hydrogen) atoms. The Morgan fingerprint density at radius 2 is 1.65 bits per heavy atom. The van der Waals surface area contributed by atoms with Crippen molar-refractivity contribution in [2.75, 3.05) is 0 Å². The van der Waals surface area contributed by atoms with Crippen LogP contribution >= 0.6 is 0 Å². The molecule has 0 heterocycles. The number of carbonyl (C=O) groups is 1. The fourth-order valence-corrected chi connectivity index (χ4v) is 6.06. The lowest BCUT2D eigenvalue weighted by atomic mass is 9.88. The van der Waals surface area contributed by atoms with Crippen molar-refractivity contribution in [2.24, 2.45) is 17.8 Å². The van der Waals surface area contributed by atoms with Gasteiger partial charge in [-0.1, -0.05) is 12.5 Å². The molecular formula is C18H25NO3S. The van der Waals surface area contributed by atoms with Crippen molar-refractivity contribution in [2.45, 2.75) is 58.3 Å². The highest BCUT2D eigenvalue weighted by atomic mass is 32.2. The van der Waals surface area contributed by atoms with Crippen molar-refractivity contribution >= 4 is 15.9 Å². The summed E-state index contributed by atoms with van der Waals surface area (Å²) >= 11 is 0. The van der Waals surface area contributed by atoms with E-state index >= 15 is 0 Å². The molecule has 1 aromatic carbocycles. The van der Waals surface area contributed by atoms with Gasteiger partial charge >= 0.3 is 0 Å². The van der Waals surface area contributed by atoms with E-state index in [4.69, 9.17) is 0 Å². The SMILES string of the molecule is Cc1cc(C)c(C)c(S(=O)(=O)NC(=O)C2CC3CCC2C3)c1C. The van der Waals surface area contributed by atoms with Crippen LogP contribution in [0.2, 0.25) is 0 Å². The zero-order valence-corrected chi connectivity index (χ0v) is 15.1. The monoisotopic (exact) mass is 335 g/mol. The van der Waals surface area contributed by atoms with Gasteiger partial charge in [0.2, 0.25) is 5.91 Å². The van der Waals surface area contributed by atoms with Gasteiger partial charge in [-0.3, -0.25) is 4.79 Å². The molecule has 4 nitrogen and oxygen atoms in total. The molecule has 0 radical (unpaired) electrons. The van der Waals surface area contributed by atoms with Gasteiger partial charge in [-0.2, -0.15) is 0 Å². The van der Waals surface area contributed by atoms with Crippen LogP contribution in [0, 0.1) is 45.4 Å². The first-order valence-electron chi connectivity index (χ1n) is 8.34. The Balaban J connectivity index is 1.89. The highest BCUT2D eigenvalue weighted by Crippen LogP contribution is 2.48. The molecule has 0 spiro atoms. The average molecular weight is 335 g/mol. The van der Waals surface area contributed by atoms with Gasteiger partial charge in [0.15, 0.2) is 0 Å². The Bertz CT molecular complexity index is 741. The molecule has 2 fully saturated rings. The third-order valence-corrected chi connectivity index (χ3v) is 7.50. The number of fused-ring (bicyclic) bond motifs is 2. The van der Waals surface area contributed by atoms with Gasteiger partial charge in [0.25, 0.3) is 10.0 Å². The van der Waals surface area contributed by atoms with E-state index in [1.165, 1.54) is 6.42 Å². The molecule has 5 heteroatoms. The van der Waals surface area contributed by atoms with Crippen molar-refractivity contribution in [1.82, 2.24) is 4.72 Å². The van der Waals surface area contributed by atoms with Gasteiger partial charge in [-0.15, -0.1) is 0 Å². The highest BCUT2D eigenvalue weighted by Gasteiger charge is 2.44. The van der Waals surface area contributed by atoms with Crippen LogP contribution in [0.4, 0.5) is 0 Å². The highest BCUT2D eigenvalue weighted by molar-refractivity contribution is 7.90. The summed E-state index contributed by atoms with van der Waals surface area (Å²) < 4.78 is 28.0. The van der Waals surface area contributed by atoms with Gasteiger partial charge in [-0.25, -0.2) is 13.1 Å². The zero-order valence-electron chi connectivity index (χ0n) is 14.3. The minimum Gasteiger partial charge on any atom is -0.274 e. The second-order valence-corrected chi connectivity index (χ2v) is 8.96. The predicted molar refractivity (Wildman–Crippen MR) is 89.7 cm³/mol. The van der Waals surface area contributed by atoms with Crippen LogP contribution in [0.1, 0.15) is 47.9 Å². The third-order valence-electron chi connectivity index (χ3n) is 5.88. The van der Waals surface area contributed by atoms with Crippen LogP contribution in [0.25, 0.3) is 0 Å². The lowest BCUT2D eigenvalue weighted by Gasteiger charge is -2.22. The first-order valence-corrected chi connectivity index (χ1v) is 9.83. The fourth-order valence-electron chi connectivity index (χ4n) is 4.41. The summed E-state index contributed by atoms with van der Waals surface area (Å²) in [7, 11) is -3.82. The van der Waals surface area contributed by atoms with E-state index in [9.17, 15) is 13.2 Å². The lowest BCUT2D eigenvalue weighted by Crippen LogP contribution is -2.38. The molecule has 2 bridgehead atoms. The van der Waals surface area contributed by atoms with E-state index in [-0.39, 0.29) is 16.7 Å². The maximum Gasteiger partial charge on any atom is 0.264 e. The molecule has 1 N–H and O–H groups in total. The second kappa shape index (κ2) is 5.62. The summed E-state index contributed by atoms with van der Waals surface area (Å²) in [5.74, 6) is 0.546. The van der Waals surface area contributed by atoms with Crippen molar-refractivity contribution in [3.8, 4) is 0 Å². The van der Waals surface area contributed by atoms with Crippen LogP contribution < -0.4 is 4.72 Å². The Morgan fingerprint density at radius 1 is 1.04 bits per heavy atom. The molecule has 0 aromatic heterocycles. The summed E-state index contributed by atoms with van der Waals surface area (Å²) in [6.07, 6.45) is 4.18. The Kier molecular flexibility index (Phi) is 4.03. The first-order chi connectivity index (χ1) is 10.7. The molecule has 3 atom stereocenters. The van der Waals surface area contributed by atoms with E-state index in [0.29, 0.717) is 11.8 Å². The predicted octanol–water partition coefficient (Wildman–Crippen LogP) is 3.16. The molecule has 1 aromatic rings. The summed E-state index contributed by atoms with van der Waals surface area (Å²) in [6.45, 7) is 7.41. The first kappa shape index (κ1) is 16.5. The maximum absolute atomic E-state index is 12.8. The molecule has 3 unspecified atom stereocenters. The number of amides is 1. The van der Waals surface area contributed by atoms with E-state index in [2.05, 4.69) is 4.72 Å². The van der Waals surface area contributed by atoms with Crippen LogP contribution in [-0.4, -0.2) is 14.3 Å². The molecular weight excluding hydrogens is 310 g/mol. The van der Waals surface area contributed by atoms with Crippen molar-refractivity contribution < 1.29 is 13.2 Å². The minimum atomic E-state index is -3.82. The number of aryl methyl sites for hydroxylation is 2. The second-order valence-electron chi connectivity index (χ2n) is 7.34. The summed E-state index contributed by atoms with van der Waals surface area (Å²) in [6, 6.07) is 1.99. The molecule has 2 aliphatic rings. The summed E-state index contributed by atoms with van der Waals surface area (Å²) in [4.78, 5) is 12.8. The number of hydrogen-bond donors (Lipinski definition) is 1. The molecule has 1 amide bonds. The van der Waals surface area contributed by atoms with Crippen molar-refractivity contribution in [3.63, 3.8) is 0 Å². The zero-order chi connectivity index (χ0) is 16.9. The van der Waals surface area contributed by atoms with Crippen LogP contribution in [0.5, 0.6) is 0 Å². The molecule has 0 saturated heterocycles. The minimum absolute atomic E-state index is 0.130. The standard InChI is InChI=1S/C18H25NO3S/c1-10-7-11(2)13(4)17(12(10)3)23(21,22)19-18(20)16-9-14-5-6-15(16)8-14/h7,14-16H,5-6,8-9H2,1-4H3,(H,19,20). The summed E-state index contributed by atoms with van der Waals surface area (Å²) in [5.41, 5.74) is 3.31. The lowest BCUT2D eigenvalue weighted by molar-refractivity contribution is -0.124. The summed E-state index contributed by atoms with van der Waals surface area (Å²) in [5, 5.41) is 0. The molecule has 0 aliphatic heterocycles. The molecule has 2 aliphatic carbocycles. The quantitative estimate of drug-likeness (QED) is 0.923. The molecule has 3 rings (SSSR count). The van der Waals surface area contributed by atoms with Gasteiger partial charge in [0, 0.05) is 5.92 Å². The van der Waals surface area contributed by atoms with Gasteiger partial charge in [-0.05, 0) is 81.0 Å². The normalized spacial score (nSPS) is 26.5. The van der Waals surface area contributed by atoms with E-state index in [1.54, 1.807) is 13.8 Å². The van der Waals surface area contributed by atoms with Crippen LogP contribution in [-0.2, 0) is 14.8 Å². The number of nitrogens with one attached hydrogen (secondary N) is 1. The van der Waals surface area contributed by atoms with Crippen molar-refractivity contribution in [3.05, 3.63) is 28.3 Å². The maximum atomic E-state index is 12.8. The Morgan fingerprint density at radius 3 is 2.13 bits per heavy atom. The van der Waals surface area contributed by atoms with E-state index in [1.807, 2.05) is 19.9 Å². The average Bonchev–Trinajstić information content (AvgIpc) is 3.07. The van der Waals surface area contributed by atoms with Crippen LogP contribution in [0.3, 0.4) is 0 Å². The number of hydrogen-bond acceptors (Lipinski definition) is 3. The van der Waals surface area contributed by atoms with Gasteiger partial charge in [0.1, 0.15) is 0 Å². The van der Waals surface area contributed by atoms with Gasteiger partial charge in [0.05, 0.1) is 4.90 Å². The number of benzene rings is 1. The Hall–Kier alpha value is -1.36. The number of rotatable bonds is 3. The van der Waals surface area contributed by atoms with Crippen LogP contribution in [0.15, 0.2) is 11.0 Å². The molecule has 126 valence electrons. The van der Waals surface area contributed by atoms with Gasteiger partial charge < -0.3 is 0 Å². The number of carbonyl (C=O) groups excluding carboxylic acids is 1. The fraction of sp³-hybridized carbons (Fsp3) is 0.611. The van der Waals surface area contributed by atoms with E-state index < -0.39 is 10.0 Å². The number of sulfonamides is 1. The Labute approximate surface area is 138 Å². The topological polar surface area (TPSA) is 63.2 Å². The smallest absolute Gasteiger partial charge is 0.264 e. The molecule has 2 saturated carbocycles. The third kappa shape index (κ3) is 2.80. The van der Waals surface area contributed by atoms with E-state index in [0.717, 1.165) is 41.5 Å². The largest absolute Gasteiger partial charge is 0.274 e.